The number of halogens is 2. The highest BCUT2D eigenvalue weighted by molar-refractivity contribution is 8.02. The van der Waals surface area contributed by atoms with Crippen LogP contribution in [0, 0.1) is 0 Å². The first-order chi connectivity index (χ1) is 14.7. The molecule has 1 unspecified atom stereocenters. The SMILES string of the molecule is Cl.Cl.O=C(NCC1=CSC(c2cccnc2)N1)Nc1cccc(C(=O)c2ccccc2)c1. The van der Waals surface area contributed by atoms with Crippen LogP contribution in [0.1, 0.15) is 26.9 Å². The molecule has 1 aliphatic heterocycles. The van der Waals surface area contributed by atoms with Crippen LogP contribution in [-0.4, -0.2) is 23.3 Å². The minimum atomic E-state index is -0.336. The Morgan fingerprint density at radius 1 is 0.969 bits per heavy atom. The number of pyridine rings is 1. The number of carbonyl (C=O) groups is 2. The van der Waals surface area contributed by atoms with Crippen LogP contribution in [-0.2, 0) is 0 Å². The van der Waals surface area contributed by atoms with Gasteiger partial charge in [0.05, 0.1) is 6.54 Å². The first-order valence-electron chi connectivity index (χ1n) is 9.45. The molecule has 1 atom stereocenters. The van der Waals surface area contributed by atoms with Gasteiger partial charge in [0.15, 0.2) is 5.78 Å². The zero-order chi connectivity index (χ0) is 20.8. The predicted molar refractivity (Wildman–Crippen MR) is 134 cm³/mol. The number of carbonyl (C=O) groups excluding carboxylic acids is 2. The van der Waals surface area contributed by atoms with Crippen molar-refractivity contribution in [1.82, 2.24) is 15.6 Å². The summed E-state index contributed by atoms with van der Waals surface area (Å²) in [5.41, 5.74) is 3.70. The van der Waals surface area contributed by atoms with E-state index in [1.54, 1.807) is 54.4 Å². The molecular weight excluding hydrogens is 467 g/mol. The maximum Gasteiger partial charge on any atom is 0.319 e. The van der Waals surface area contributed by atoms with Gasteiger partial charge in [-0.25, -0.2) is 4.79 Å². The van der Waals surface area contributed by atoms with Crippen molar-refractivity contribution >= 4 is 54.1 Å². The van der Waals surface area contributed by atoms with Crippen molar-refractivity contribution in [3.8, 4) is 0 Å². The van der Waals surface area contributed by atoms with Crippen molar-refractivity contribution in [3.63, 3.8) is 0 Å². The van der Waals surface area contributed by atoms with Gasteiger partial charge in [-0.1, -0.05) is 48.5 Å². The smallest absolute Gasteiger partial charge is 0.319 e. The van der Waals surface area contributed by atoms with Crippen LogP contribution < -0.4 is 16.0 Å². The van der Waals surface area contributed by atoms with Gasteiger partial charge in [-0.15, -0.1) is 36.6 Å². The van der Waals surface area contributed by atoms with Crippen LogP contribution in [0.25, 0.3) is 0 Å². The van der Waals surface area contributed by atoms with E-state index < -0.39 is 0 Å². The summed E-state index contributed by atoms with van der Waals surface area (Å²) in [6, 6.07) is 19.6. The topological polar surface area (TPSA) is 83.1 Å². The van der Waals surface area contributed by atoms with Crippen molar-refractivity contribution in [1.29, 1.82) is 0 Å². The summed E-state index contributed by atoms with van der Waals surface area (Å²) in [4.78, 5) is 29.0. The van der Waals surface area contributed by atoms with Crippen molar-refractivity contribution in [2.75, 3.05) is 11.9 Å². The number of nitrogens with one attached hydrogen (secondary N) is 3. The van der Waals surface area contributed by atoms with Crippen molar-refractivity contribution in [2.45, 2.75) is 5.37 Å². The van der Waals surface area contributed by atoms with E-state index in [-0.39, 0.29) is 42.0 Å². The third-order valence-electron chi connectivity index (χ3n) is 4.51. The fraction of sp³-hybridized carbons (Fsp3) is 0.0870. The van der Waals surface area contributed by atoms with E-state index >= 15 is 0 Å². The summed E-state index contributed by atoms with van der Waals surface area (Å²) >= 11 is 1.64. The quantitative estimate of drug-likeness (QED) is 0.417. The van der Waals surface area contributed by atoms with Crippen LogP contribution in [0.3, 0.4) is 0 Å². The van der Waals surface area contributed by atoms with Gasteiger partial charge in [-0.2, -0.15) is 0 Å². The molecule has 6 nitrogen and oxygen atoms in total. The first kappa shape index (κ1) is 25.3. The molecule has 0 bridgehead atoms. The highest BCUT2D eigenvalue weighted by atomic mass is 35.5. The molecule has 1 aliphatic rings. The summed E-state index contributed by atoms with van der Waals surface area (Å²) in [7, 11) is 0. The fourth-order valence-corrected chi connectivity index (χ4v) is 3.99. The Morgan fingerprint density at radius 3 is 2.50 bits per heavy atom. The van der Waals surface area contributed by atoms with Gasteiger partial charge in [-0.3, -0.25) is 9.78 Å². The standard InChI is InChI=1S/C23H20N4O2S.2ClH/c28-21(16-6-2-1-3-7-16)17-8-4-10-19(12-17)27-23(29)25-14-20-15-30-22(26-20)18-9-5-11-24-13-18;;/h1-13,15,22,26H,14H2,(H2,25,27,29);2*1H. The molecule has 2 heterocycles. The Balaban J connectivity index is 0.00000181. The van der Waals surface area contributed by atoms with E-state index in [4.69, 9.17) is 0 Å². The highest BCUT2D eigenvalue weighted by Gasteiger charge is 2.18. The van der Waals surface area contributed by atoms with Crippen LogP contribution in [0.15, 0.2) is 90.2 Å². The average Bonchev–Trinajstić information content (AvgIpc) is 3.28. The third-order valence-corrected chi connectivity index (χ3v) is 5.59. The Morgan fingerprint density at radius 2 is 1.75 bits per heavy atom. The molecule has 0 spiro atoms. The van der Waals surface area contributed by atoms with Crippen molar-refractivity contribution < 1.29 is 9.59 Å². The molecule has 2 amide bonds. The van der Waals surface area contributed by atoms with Crippen LogP contribution in [0.5, 0.6) is 0 Å². The van der Waals surface area contributed by atoms with E-state index in [0.29, 0.717) is 23.4 Å². The van der Waals surface area contributed by atoms with E-state index in [0.717, 1.165) is 11.3 Å². The molecule has 166 valence electrons. The molecule has 0 aliphatic carbocycles. The lowest BCUT2D eigenvalue weighted by atomic mass is 10.0. The second-order valence-electron chi connectivity index (χ2n) is 6.67. The number of nitrogens with zero attached hydrogens (tertiary/aromatic N) is 1. The van der Waals surface area contributed by atoms with Gasteiger partial charge in [0.25, 0.3) is 0 Å². The second-order valence-corrected chi connectivity index (χ2v) is 7.65. The maximum atomic E-state index is 12.6. The number of urea groups is 1. The summed E-state index contributed by atoms with van der Waals surface area (Å²) in [6.45, 7) is 0.373. The summed E-state index contributed by atoms with van der Waals surface area (Å²) in [6.07, 6.45) is 3.57. The molecule has 0 radical (unpaired) electrons. The summed E-state index contributed by atoms with van der Waals surface area (Å²) < 4.78 is 0. The lowest BCUT2D eigenvalue weighted by Crippen LogP contribution is -2.33. The number of aromatic nitrogens is 1. The molecule has 0 saturated carbocycles. The van der Waals surface area contributed by atoms with E-state index in [9.17, 15) is 9.59 Å². The molecule has 1 aromatic heterocycles. The number of anilines is 1. The Labute approximate surface area is 203 Å². The van der Waals surface area contributed by atoms with Gasteiger partial charge < -0.3 is 16.0 Å². The molecule has 0 saturated heterocycles. The number of hydrogen-bond donors (Lipinski definition) is 3. The molecule has 3 N–H and O–H groups in total. The molecular formula is C23H22Cl2N4O2S. The Kier molecular flexibility index (Phi) is 9.59. The minimum absolute atomic E-state index is 0. The third kappa shape index (κ3) is 6.50. The largest absolute Gasteiger partial charge is 0.371 e. The zero-order valence-electron chi connectivity index (χ0n) is 16.9. The maximum absolute atomic E-state index is 12.6. The van der Waals surface area contributed by atoms with Crippen molar-refractivity contribution in [3.05, 3.63) is 107 Å². The fourth-order valence-electron chi connectivity index (χ4n) is 3.02. The minimum Gasteiger partial charge on any atom is -0.371 e. The number of hydrogen-bond acceptors (Lipinski definition) is 5. The van der Waals surface area contributed by atoms with Crippen LogP contribution in [0.2, 0.25) is 0 Å². The van der Waals surface area contributed by atoms with E-state index in [2.05, 4.69) is 20.9 Å². The molecule has 4 rings (SSSR count). The molecule has 32 heavy (non-hydrogen) atoms. The molecule has 9 heteroatoms. The predicted octanol–water partition coefficient (Wildman–Crippen LogP) is 5.15. The summed E-state index contributed by atoms with van der Waals surface area (Å²) in [5, 5.41) is 11.1. The van der Waals surface area contributed by atoms with Crippen LogP contribution >= 0.6 is 36.6 Å². The Bertz CT molecular complexity index is 1080. The van der Waals surface area contributed by atoms with Crippen molar-refractivity contribution in [2.24, 2.45) is 0 Å². The molecule has 0 fully saturated rings. The highest BCUT2D eigenvalue weighted by Crippen LogP contribution is 2.33. The summed E-state index contributed by atoms with van der Waals surface area (Å²) in [5.74, 6) is -0.0848. The number of amides is 2. The number of ketones is 1. The lowest BCUT2D eigenvalue weighted by Gasteiger charge is -2.13. The van der Waals surface area contributed by atoms with Gasteiger partial charge in [0.1, 0.15) is 5.37 Å². The number of benzene rings is 2. The normalized spacial score (nSPS) is 14.1. The van der Waals surface area contributed by atoms with E-state index in [1.165, 1.54) is 0 Å². The van der Waals surface area contributed by atoms with Gasteiger partial charge in [-0.05, 0) is 23.6 Å². The van der Waals surface area contributed by atoms with Crippen LogP contribution in [0.4, 0.5) is 10.5 Å². The Hall–Kier alpha value is -3.00. The first-order valence-corrected chi connectivity index (χ1v) is 10.4. The molecule has 3 aromatic rings. The van der Waals surface area contributed by atoms with E-state index in [1.807, 2.05) is 41.9 Å². The lowest BCUT2D eigenvalue weighted by molar-refractivity contribution is 0.103. The van der Waals surface area contributed by atoms with Gasteiger partial charge in [0, 0.05) is 40.5 Å². The zero-order valence-corrected chi connectivity index (χ0v) is 19.3. The van der Waals surface area contributed by atoms with Gasteiger partial charge in [0.2, 0.25) is 0 Å². The van der Waals surface area contributed by atoms with Gasteiger partial charge >= 0.3 is 6.03 Å². The average molecular weight is 489 g/mol. The number of thioether (sulfide) groups is 1. The monoisotopic (exact) mass is 488 g/mol. The molecule has 2 aromatic carbocycles. The number of rotatable bonds is 6. The second kappa shape index (κ2) is 12.1.